The third-order valence-corrected chi connectivity index (χ3v) is 13.8. The largest absolute Gasteiger partial charge is 0.463 e. The van der Waals surface area contributed by atoms with Crippen molar-refractivity contribution in [1.82, 2.24) is 25.9 Å². The molecular weight excluding hydrogens is 1120 g/mol. The molecule has 0 aromatic heterocycles. The number of carbonyl (C=O) groups is 10. The van der Waals surface area contributed by atoms with E-state index in [2.05, 4.69) is 21.3 Å². The Morgan fingerprint density at radius 2 is 0.904 bits per heavy atom. The number of nitrogens with zero attached hydrogens (tertiary/aromatic N) is 2. The fraction of sp³-hybridized carbons (Fsp3) is 0.788. The number of nitrogens with one attached hydrogen (secondary N) is 4. The molecule has 2 fully saturated rings. The maximum atomic E-state index is 13.0. The zero-order valence-corrected chi connectivity index (χ0v) is 50.4. The number of ether oxygens (including phenoxy) is 12. The highest BCUT2D eigenvalue weighted by Gasteiger charge is 2.53. The van der Waals surface area contributed by atoms with Crippen LogP contribution in [0.3, 0.4) is 0 Å². The molecule has 0 bridgehead atoms. The SMILES string of the molecule is CC(=O)N[C@H]1[C@H](OCCCCCNC(=O)OCC(COC(=O)NCCCCCO[C@@H]2O[C@H](COC(C)=O)[C@H](OC(C)=O)[C@H](OC(C)=O)[C@H]2NC(C)=O)OP(OCCC#N)N(C(C)C)C(C)C)O[C@H](COC(C)=O)[C@H](OC(C)=O)[C@@H]1OC(C)=O. The van der Waals surface area contributed by atoms with E-state index in [1.54, 1.807) is 0 Å². The summed E-state index contributed by atoms with van der Waals surface area (Å²) in [6.07, 6.45) is -9.59. The first kappa shape index (κ1) is 73.0. The van der Waals surface area contributed by atoms with Crippen LogP contribution in [0.5, 0.6) is 0 Å². The third-order valence-electron chi connectivity index (χ3n) is 11.6. The lowest BCUT2D eigenvalue weighted by Crippen LogP contribution is -2.66. The minimum atomic E-state index is -1.87. The summed E-state index contributed by atoms with van der Waals surface area (Å²) in [5.74, 6) is -5.33. The smallest absolute Gasteiger partial charge is 0.407 e. The van der Waals surface area contributed by atoms with Crippen molar-refractivity contribution in [2.45, 2.75) is 208 Å². The maximum absolute atomic E-state index is 13.0. The Morgan fingerprint density at radius 3 is 1.24 bits per heavy atom. The van der Waals surface area contributed by atoms with Crippen molar-refractivity contribution in [3.63, 3.8) is 0 Å². The number of unbranched alkanes of at least 4 members (excludes halogenated alkanes) is 4. The summed E-state index contributed by atoms with van der Waals surface area (Å²) in [7, 11) is -1.87. The summed E-state index contributed by atoms with van der Waals surface area (Å²) in [6.45, 7) is 16.1. The summed E-state index contributed by atoms with van der Waals surface area (Å²) in [4.78, 5) is 122. The molecule has 2 rings (SSSR count). The second-order valence-electron chi connectivity index (χ2n) is 19.6. The molecule has 4 N–H and O–H groups in total. The number of carbonyl (C=O) groups excluding carboxylic acids is 10. The second-order valence-corrected chi connectivity index (χ2v) is 21.0. The van der Waals surface area contributed by atoms with Gasteiger partial charge in [0.15, 0.2) is 37.0 Å². The van der Waals surface area contributed by atoms with Crippen molar-refractivity contribution in [1.29, 1.82) is 5.26 Å². The van der Waals surface area contributed by atoms with E-state index < -0.39 is 136 Å². The molecule has 1 unspecified atom stereocenters. The molecule has 2 aliphatic heterocycles. The molecule has 4 amide bonds. The first-order chi connectivity index (χ1) is 39.2. The molecule has 31 heteroatoms. The Hall–Kier alpha value is -6.06. The normalized spacial score (nSPS) is 22.5. The molecule has 0 aromatic carbocycles. The first-order valence-corrected chi connectivity index (χ1v) is 28.5. The van der Waals surface area contributed by atoms with E-state index in [0.717, 1.165) is 27.7 Å². The van der Waals surface area contributed by atoms with Gasteiger partial charge >= 0.3 is 48.0 Å². The average Bonchev–Trinajstić information content (AvgIpc) is 3.37. The van der Waals surface area contributed by atoms with Gasteiger partial charge in [-0.1, -0.05) is 0 Å². The standard InChI is InChI=1S/C52H85N6O24P/c1-30(2)58(31(3)4)83(75-25-19-20-53)82-40(26-73-51(67)54-21-15-13-17-23-69-49-43(56-32(5)59)47(78-38(11)65)45(76-36(9)63)41(80-49)28-71-34(7)61)27-74-52(68)55-22-16-14-18-24-70-50-44(57-33(6)60)48(79-39(12)66)46(77-37(10)64)42(81-50)29-72-35(8)62/h30-31,40-50H,13-19,21-29H2,1-12H3,(H,54,67)(H,55,68)(H,56,59)(H,57,60)/t41-,42-,43-,44-,45+,46+,47-,48-,49-,50-,83?/m1/s1. The molecule has 2 heterocycles. The monoisotopic (exact) mass is 1210 g/mol. The van der Waals surface area contributed by atoms with Crippen LogP contribution in [-0.4, -0.2) is 203 Å². The van der Waals surface area contributed by atoms with E-state index in [0.29, 0.717) is 38.5 Å². The van der Waals surface area contributed by atoms with Crippen LogP contribution in [0.2, 0.25) is 0 Å². The highest BCUT2D eigenvalue weighted by atomic mass is 31.2. The van der Waals surface area contributed by atoms with Gasteiger partial charge in [0, 0.05) is 93.8 Å². The van der Waals surface area contributed by atoms with Gasteiger partial charge in [-0.2, -0.15) is 5.26 Å². The third kappa shape index (κ3) is 29.3. The van der Waals surface area contributed by atoms with E-state index in [4.69, 9.17) is 65.9 Å². The van der Waals surface area contributed by atoms with Crippen LogP contribution in [0.15, 0.2) is 0 Å². The molecule has 0 aromatic rings. The number of hydrogen-bond donors (Lipinski definition) is 4. The average molecular weight is 1210 g/mol. The number of alkyl carbamates (subject to hydrolysis) is 2. The van der Waals surface area contributed by atoms with Crippen LogP contribution in [-0.2, 0) is 104 Å². The van der Waals surface area contributed by atoms with E-state index >= 15 is 0 Å². The van der Waals surface area contributed by atoms with Gasteiger partial charge in [-0.05, 0) is 66.2 Å². The summed E-state index contributed by atoms with van der Waals surface area (Å²) in [6, 6.07) is -0.390. The van der Waals surface area contributed by atoms with E-state index in [-0.39, 0.29) is 77.8 Å². The Kier molecular flexibility index (Phi) is 34.7. The topological polar surface area (TPSA) is 375 Å². The zero-order valence-electron chi connectivity index (χ0n) is 49.5. The molecule has 0 saturated carbocycles. The van der Waals surface area contributed by atoms with Crippen LogP contribution >= 0.6 is 8.53 Å². The molecule has 472 valence electrons. The van der Waals surface area contributed by atoms with Crippen molar-refractivity contribution in [3.05, 3.63) is 0 Å². The number of amides is 4. The van der Waals surface area contributed by atoms with Crippen LogP contribution in [0.4, 0.5) is 9.59 Å². The fourth-order valence-electron chi connectivity index (χ4n) is 8.42. The van der Waals surface area contributed by atoms with Gasteiger partial charge in [-0.25, -0.2) is 14.3 Å². The Morgan fingerprint density at radius 1 is 0.518 bits per heavy atom. The van der Waals surface area contributed by atoms with Crippen LogP contribution in [0.25, 0.3) is 0 Å². The highest BCUT2D eigenvalue weighted by molar-refractivity contribution is 7.44. The number of nitriles is 1. The van der Waals surface area contributed by atoms with Gasteiger partial charge in [0.25, 0.3) is 8.53 Å². The summed E-state index contributed by atoms with van der Waals surface area (Å²) in [5.41, 5.74) is 0. The predicted octanol–water partition coefficient (Wildman–Crippen LogP) is 2.79. The second kappa shape index (κ2) is 39.5. The van der Waals surface area contributed by atoms with Gasteiger partial charge in [0.2, 0.25) is 11.8 Å². The summed E-state index contributed by atoms with van der Waals surface area (Å²) >= 11 is 0. The predicted molar refractivity (Wildman–Crippen MR) is 286 cm³/mol. The van der Waals surface area contributed by atoms with Crippen LogP contribution < -0.4 is 21.3 Å². The first-order valence-electron chi connectivity index (χ1n) is 27.3. The molecule has 0 spiro atoms. The number of esters is 6. The Balaban J connectivity index is 2.03. The summed E-state index contributed by atoms with van der Waals surface area (Å²) < 4.78 is 81.5. The van der Waals surface area contributed by atoms with E-state index in [1.807, 2.05) is 38.4 Å². The van der Waals surface area contributed by atoms with Crippen molar-refractivity contribution in [2.75, 3.05) is 59.3 Å². The van der Waals surface area contributed by atoms with E-state index in [9.17, 15) is 53.2 Å². The molecular formula is C52H85N6O24P. The highest BCUT2D eigenvalue weighted by Crippen LogP contribution is 2.47. The quantitative estimate of drug-likeness (QED) is 0.0303. The number of hydrogen-bond acceptors (Lipinski definition) is 26. The van der Waals surface area contributed by atoms with Crippen molar-refractivity contribution >= 4 is 68.3 Å². The van der Waals surface area contributed by atoms with Crippen LogP contribution in [0.1, 0.15) is 128 Å². The minimum absolute atomic E-state index is 0.0423. The van der Waals surface area contributed by atoms with Gasteiger partial charge in [-0.15, -0.1) is 0 Å². The minimum Gasteiger partial charge on any atom is -0.463 e. The molecule has 0 radical (unpaired) electrons. The van der Waals surface area contributed by atoms with Gasteiger partial charge in [0.05, 0.1) is 19.1 Å². The Bertz CT molecular complexity index is 2010. The molecule has 2 saturated heterocycles. The van der Waals surface area contributed by atoms with E-state index in [1.165, 1.54) is 27.7 Å². The van der Waals surface area contributed by atoms with Gasteiger partial charge in [0.1, 0.15) is 56.8 Å². The van der Waals surface area contributed by atoms with Crippen LogP contribution in [0, 0.1) is 11.3 Å². The molecule has 83 heavy (non-hydrogen) atoms. The lowest BCUT2D eigenvalue weighted by Gasteiger charge is -2.44. The lowest BCUT2D eigenvalue weighted by molar-refractivity contribution is -0.277. The zero-order chi connectivity index (χ0) is 62.2. The maximum Gasteiger partial charge on any atom is 0.407 e. The lowest BCUT2D eigenvalue weighted by atomic mass is 9.96. The van der Waals surface area contributed by atoms with Gasteiger partial charge < -0.3 is 87.2 Å². The fourth-order valence-corrected chi connectivity index (χ4v) is 10.1. The van der Waals surface area contributed by atoms with Crippen molar-refractivity contribution < 1.29 is 114 Å². The molecule has 0 aliphatic carbocycles. The van der Waals surface area contributed by atoms with Crippen molar-refractivity contribution in [3.8, 4) is 6.07 Å². The van der Waals surface area contributed by atoms with Crippen molar-refractivity contribution in [2.24, 2.45) is 0 Å². The Labute approximate surface area is 485 Å². The molecule has 2 aliphatic rings. The molecule has 30 nitrogen and oxygen atoms in total. The van der Waals surface area contributed by atoms with Gasteiger partial charge in [-0.3, -0.25) is 38.4 Å². The molecule has 11 atom stereocenters. The number of rotatable bonds is 36. The summed E-state index contributed by atoms with van der Waals surface area (Å²) in [5, 5.41) is 19.8.